The zero-order valence-corrected chi connectivity index (χ0v) is 23.2. The third-order valence-corrected chi connectivity index (χ3v) is 9.22. The molecule has 0 spiro atoms. The van der Waals surface area contributed by atoms with Gasteiger partial charge < -0.3 is 4.57 Å². The third-order valence-electron chi connectivity index (χ3n) is 8.07. The molecule has 0 saturated carbocycles. The molecule has 42 heavy (non-hydrogen) atoms. The van der Waals surface area contributed by atoms with E-state index < -0.39 is 0 Å². The van der Waals surface area contributed by atoms with Crippen LogP contribution in [0, 0.1) is 17.9 Å². The van der Waals surface area contributed by atoms with E-state index in [2.05, 4.69) is 113 Å². The monoisotopic (exact) mass is 551 g/mol. The fraction of sp³-hybridized carbons (Fsp3) is 0. The number of thiophene rings is 1. The van der Waals surface area contributed by atoms with Crippen molar-refractivity contribution in [3.05, 3.63) is 144 Å². The van der Waals surface area contributed by atoms with Gasteiger partial charge in [-0.3, -0.25) is 0 Å². The van der Waals surface area contributed by atoms with Gasteiger partial charge in [-0.2, -0.15) is 5.26 Å². The maximum atomic E-state index is 10.3. The van der Waals surface area contributed by atoms with Crippen molar-refractivity contribution in [1.82, 2.24) is 4.57 Å². The van der Waals surface area contributed by atoms with Crippen molar-refractivity contribution in [3.8, 4) is 34.0 Å². The van der Waals surface area contributed by atoms with E-state index in [1.165, 1.54) is 10.8 Å². The van der Waals surface area contributed by atoms with Crippen molar-refractivity contribution in [2.24, 2.45) is 0 Å². The van der Waals surface area contributed by atoms with Crippen LogP contribution in [0.5, 0.6) is 0 Å². The SMILES string of the molecule is [C-]#[N+]c1ccc2sc3ccc(-c4c(C#N)cccc4-c4ccccc4-n4c5ccccc5c5ccccc54)cc3c2c1. The first-order valence-electron chi connectivity index (χ1n) is 13.7. The molecule has 0 saturated heterocycles. The molecule has 4 heteroatoms. The molecule has 2 aromatic heterocycles. The van der Waals surface area contributed by atoms with Crippen LogP contribution in [0.1, 0.15) is 5.56 Å². The van der Waals surface area contributed by atoms with Gasteiger partial charge in [0.25, 0.3) is 0 Å². The zero-order chi connectivity index (χ0) is 28.2. The Bertz CT molecular complexity index is 2390. The van der Waals surface area contributed by atoms with Crippen LogP contribution < -0.4 is 0 Å². The summed E-state index contributed by atoms with van der Waals surface area (Å²) in [6, 6.07) is 46.3. The molecule has 8 aromatic rings. The number of aromatic nitrogens is 1. The lowest BCUT2D eigenvalue weighted by Gasteiger charge is -2.18. The number of fused-ring (bicyclic) bond motifs is 6. The molecular formula is C38H21N3S. The third kappa shape index (κ3) is 3.57. The van der Waals surface area contributed by atoms with Gasteiger partial charge in [-0.1, -0.05) is 84.9 Å². The summed E-state index contributed by atoms with van der Waals surface area (Å²) in [6.07, 6.45) is 0. The van der Waals surface area contributed by atoms with Gasteiger partial charge in [0.15, 0.2) is 5.69 Å². The van der Waals surface area contributed by atoms with Crippen molar-refractivity contribution in [3.63, 3.8) is 0 Å². The Morgan fingerprint density at radius 2 is 1.26 bits per heavy atom. The first-order chi connectivity index (χ1) is 20.7. The first-order valence-corrected chi connectivity index (χ1v) is 14.5. The summed E-state index contributed by atoms with van der Waals surface area (Å²) in [5.41, 5.74) is 8.58. The second-order valence-electron chi connectivity index (χ2n) is 10.3. The van der Waals surface area contributed by atoms with Crippen LogP contribution in [0.4, 0.5) is 5.69 Å². The van der Waals surface area contributed by atoms with Gasteiger partial charge in [0.05, 0.1) is 34.9 Å². The van der Waals surface area contributed by atoms with Crippen molar-refractivity contribution in [2.45, 2.75) is 0 Å². The second kappa shape index (κ2) is 9.46. The van der Waals surface area contributed by atoms with E-state index in [4.69, 9.17) is 6.57 Å². The summed E-state index contributed by atoms with van der Waals surface area (Å²) in [6.45, 7) is 7.50. The lowest BCUT2D eigenvalue weighted by Crippen LogP contribution is -1.99. The quantitative estimate of drug-likeness (QED) is 0.201. The number of hydrogen-bond acceptors (Lipinski definition) is 2. The predicted molar refractivity (Wildman–Crippen MR) is 176 cm³/mol. The molecule has 0 amide bonds. The number of nitriles is 1. The summed E-state index contributed by atoms with van der Waals surface area (Å²) in [7, 11) is 0. The molecular weight excluding hydrogens is 531 g/mol. The summed E-state index contributed by atoms with van der Waals surface area (Å²) in [5, 5.41) is 14.9. The number of benzene rings is 6. The minimum absolute atomic E-state index is 0.630. The lowest BCUT2D eigenvalue weighted by atomic mass is 9.89. The normalized spacial score (nSPS) is 11.3. The van der Waals surface area contributed by atoms with Gasteiger partial charge >= 0.3 is 0 Å². The predicted octanol–water partition coefficient (Wildman–Crippen LogP) is 10.9. The molecule has 8 rings (SSSR count). The van der Waals surface area contributed by atoms with Crippen molar-refractivity contribution >= 4 is 59.0 Å². The molecule has 0 radical (unpaired) electrons. The Balaban J connectivity index is 1.42. The minimum atomic E-state index is 0.630. The van der Waals surface area contributed by atoms with Gasteiger partial charge in [-0.15, -0.1) is 11.3 Å². The van der Waals surface area contributed by atoms with Gasteiger partial charge in [0.1, 0.15) is 0 Å². The molecule has 0 aliphatic carbocycles. The lowest BCUT2D eigenvalue weighted by molar-refractivity contribution is 1.18. The minimum Gasteiger partial charge on any atom is -0.309 e. The van der Waals surface area contributed by atoms with Crippen LogP contribution in [0.3, 0.4) is 0 Å². The molecule has 0 N–H and O–H groups in total. The van der Waals surface area contributed by atoms with E-state index >= 15 is 0 Å². The Kier molecular flexibility index (Phi) is 5.44. The Labute approximate surface area is 246 Å². The van der Waals surface area contributed by atoms with Crippen LogP contribution >= 0.6 is 11.3 Å². The topological polar surface area (TPSA) is 33.1 Å². The molecule has 0 unspecified atom stereocenters. The van der Waals surface area contributed by atoms with Crippen LogP contribution in [0.2, 0.25) is 0 Å². The Morgan fingerprint density at radius 1 is 0.619 bits per heavy atom. The number of hydrogen-bond donors (Lipinski definition) is 0. The molecule has 6 aromatic carbocycles. The Hall–Kier alpha value is -5.68. The molecule has 194 valence electrons. The summed E-state index contributed by atoms with van der Waals surface area (Å²) in [5.74, 6) is 0. The van der Waals surface area contributed by atoms with E-state index in [1.54, 1.807) is 11.3 Å². The maximum absolute atomic E-state index is 10.3. The van der Waals surface area contributed by atoms with Crippen molar-refractivity contribution in [2.75, 3.05) is 0 Å². The maximum Gasteiger partial charge on any atom is 0.187 e. The van der Waals surface area contributed by atoms with E-state index in [0.29, 0.717) is 11.3 Å². The van der Waals surface area contributed by atoms with E-state index in [0.717, 1.165) is 59.1 Å². The first kappa shape index (κ1) is 24.1. The highest BCUT2D eigenvalue weighted by Crippen LogP contribution is 2.43. The van der Waals surface area contributed by atoms with Gasteiger partial charge in [0.2, 0.25) is 0 Å². The molecule has 0 fully saturated rings. The molecule has 3 nitrogen and oxygen atoms in total. The molecule has 0 aliphatic heterocycles. The second-order valence-corrected chi connectivity index (χ2v) is 11.4. The average molecular weight is 552 g/mol. The van der Waals surface area contributed by atoms with Crippen molar-refractivity contribution in [1.29, 1.82) is 5.26 Å². The van der Waals surface area contributed by atoms with Crippen molar-refractivity contribution < 1.29 is 0 Å². The molecule has 2 heterocycles. The van der Waals surface area contributed by atoms with Gasteiger partial charge in [-0.25, -0.2) is 4.85 Å². The van der Waals surface area contributed by atoms with E-state index in [-0.39, 0.29) is 0 Å². The fourth-order valence-electron chi connectivity index (χ4n) is 6.25. The van der Waals surface area contributed by atoms with E-state index in [1.807, 2.05) is 30.3 Å². The van der Waals surface area contributed by atoms with Crippen LogP contribution in [-0.2, 0) is 0 Å². The van der Waals surface area contributed by atoms with Crippen LogP contribution in [0.15, 0.2) is 127 Å². The van der Waals surface area contributed by atoms with E-state index in [9.17, 15) is 5.26 Å². The Morgan fingerprint density at radius 3 is 2.00 bits per heavy atom. The number of rotatable bonds is 3. The summed E-state index contributed by atoms with van der Waals surface area (Å²) >= 11 is 1.73. The number of para-hydroxylation sites is 3. The smallest absolute Gasteiger partial charge is 0.187 e. The molecule has 0 atom stereocenters. The summed E-state index contributed by atoms with van der Waals surface area (Å²) in [4.78, 5) is 3.66. The largest absolute Gasteiger partial charge is 0.309 e. The zero-order valence-electron chi connectivity index (χ0n) is 22.4. The van der Waals surface area contributed by atoms with Gasteiger partial charge in [-0.05, 0) is 64.4 Å². The standard InChI is InChI=1S/C38H21N3S/c1-40-26-18-20-37-32(22-26)31-21-24(17-19-36(31)42-37)38-25(23-39)9-8-13-30(38)29-12-4-7-16-35(29)41-33-14-5-2-10-27(33)28-11-3-6-15-34(28)41/h2-22H. The molecule has 0 bridgehead atoms. The van der Waals surface area contributed by atoms with Gasteiger partial charge in [0, 0.05) is 31.3 Å². The highest BCUT2D eigenvalue weighted by Gasteiger charge is 2.19. The number of nitrogens with zero attached hydrogens (tertiary/aromatic N) is 3. The highest BCUT2D eigenvalue weighted by atomic mass is 32.1. The summed E-state index contributed by atoms with van der Waals surface area (Å²) < 4.78 is 4.65. The average Bonchev–Trinajstić information content (AvgIpc) is 3.59. The molecule has 0 aliphatic rings. The van der Waals surface area contributed by atoms with Crippen LogP contribution in [-0.4, -0.2) is 4.57 Å². The highest BCUT2D eigenvalue weighted by molar-refractivity contribution is 7.25. The fourth-order valence-corrected chi connectivity index (χ4v) is 7.32. The van der Waals surface area contributed by atoms with Crippen LogP contribution in [0.25, 0.3) is 74.8 Å².